The summed E-state index contributed by atoms with van der Waals surface area (Å²) in [6.07, 6.45) is 0. The van der Waals surface area contributed by atoms with Crippen LogP contribution in [0.1, 0.15) is 16.6 Å². The van der Waals surface area contributed by atoms with Gasteiger partial charge in [0.1, 0.15) is 16.4 Å². The average Bonchev–Trinajstić information content (AvgIpc) is 3.34. The molecule has 0 bridgehead atoms. The van der Waals surface area contributed by atoms with Crippen LogP contribution in [0, 0.1) is 0 Å². The monoisotopic (exact) mass is 489 g/mol. The van der Waals surface area contributed by atoms with Crippen LogP contribution in [-0.2, 0) is 14.8 Å². The van der Waals surface area contributed by atoms with E-state index in [1.54, 1.807) is 41.8 Å². The molecule has 0 aliphatic rings. The maximum atomic E-state index is 13.0. The lowest BCUT2D eigenvalue weighted by Gasteiger charge is -2.14. The fourth-order valence-corrected chi connectivity index (χ4v) is 4.72. The molecule has 1 heterocycles. The molecule has 0 radical (unpaired) electrons. The quantitative estimate of drug-likeness (QED) is 0.402. The van der Waals surface area contributed by atoms with Gasteiger partial charge in [-0.2, -0.15) is 0 Å². The van der Waals surface area contributed by atoms with Crippen molar-refractivity contribution < 1.29 is 27.5 Å². The number of rotatable bonds is 10. The van der Waals surface area contributed by atoms with E-state index in [9.17, 15) is 18.0 Å². The first-order valence-electron chi connectivity index (χ1n) is 9.87. The molecule has 0 unspecified atom stereocenters. The Labute approximate surface area is 195 Å². The first-order chi connectivity index (χ1) is 15.8. The number of hydrogen-bond acceptors (Lipinski definition) is 7. The summed E-state index contributed by atoms with van der Waals surface area (Å²) in [6.45, 7) is 2.08. The average molecular weight is 490 g/mol. The number of ether oxygens (including phenoxy) is 2. The molecular weight excluding hydrogens is 466 g/mol. The largest absolute Gasteiger partial charge is 0.495 e. The van der Waals surface area contributed by atoms with E-state index >= 15 is 0 Å². The third-order valence-electron chi connectivity index (χ3n) is 4.31. The molecule has 0 fully saturated rings. The zero-order chi connectivity index (χ0) is 23.8. The van der Waals surface area contributed by atoms with Gasteiger partial charge in [-0.3, -0.25) is 14.3 Å². The zero-order valence-electron chi connectivity index (χ0n) is 18.0. The summed E-state index contributed by atoms with van der Waals surface area (Å²) in [5.41, 5.74) is 0.574. The van der Waals surface area contributed by atoms with E-state index < -0.39 is 15.9 Å². The van der Waals surface area contributed by atoms with Crippen LogP contribution in [0.4, 0.5) is 11.4 Å². The number of sulfonamides is 1. The normalized spacial score (nSPS) is 10.8. The number of carbonyl (C=O) groups is 2. The van der Waals surface area contributed by atoms with Crippen molar-refractivity contribution in [3.8, 4) is 11.5 Å². The molecule has 174 valence electrons. The summed E-state index contributed by atoms with van der Waals surface area (Å²) < 4.78 is 39.0. The van der Waals surface area contributed by atoms with Gasteiger partial charge in [0.2, 0.25) is 5.91 Å². The Bertz CT molecular complexity index is 1210. The van der Waals surface area contributed by atoms with E-state index in [4.69, 9.17) is 9.47 Å². The van der Waals surface area contributed by atoms with Crippen LogP contribution < -0.4 is 24.8 Å². The van der Waals surface area contributed by atoms with Crippen LogP contribution >= 0.6 is 11.3 Å². The molecule has 1 aromatic heterocycles. The van der Waals surface area contributed by atoms with Crippen molar-refractivity contribution in [1.82, 2.24) is 5.32 Å². The molecule has 3 N–H and O–H groups in total. The number of carbonyl (C=O) groups excluding carboxylic acids is 2. The minimum Gasteiger partial charge on any atom is -0.495 e. The fourth-order valence-electron chi connectivity index (χ4n) is 2.82. The van der Waals surface area contributed by atoms with E-state index in [1.165, 1.54) is 36.6 Å². The van der Waals surface area contributed by atoms with Gasteiger partial charge in [-0.1, -0.05) is 6.07 Å². The number of benzene rings is 2. The second kappa shape index (κ2) is 10.8. The lowest BCUT2D eigenvalue weighted by atomic mass is 10.3. The smallest absolute Gasteiger partial charge is 0.265 e. The van der Waals surface area contributed by atoms with E-state index in [-0.39, 0.29) is 28.8 Å². The van der Waals surface area contributed by atoms with Crippen molar-refractivity contribution in [2.75, 3.05) is 30.3 Å². The molecule has 3 rings (SSSR count). The van der Waals surface area contributed by atoms with Crippen molar-refractivity contribution >= 4 is 44.5 Å². The minimum atomic E-state index is -4.03. The molecule has 0 spiro atoms. The highest BCUT2D eigenvalue weighted by molar-refractivity contribution is 7.92. The van der Waals surface area contributed by atoms with Gasteiger partial charge < -0.3 is 20.1 Å². The molecule has 0 saturated heterocycles. The van der Waals surface area contributed by atoms with Gasteiger partial charge in [0.25, 0.3) is 15.9 Å². The maximum absolute atomic E-state index is 13.0. The number of hydrogen-bond donors (Lipinski definition) is 3. The summed E-state index contributed by atoms with van der Waals surface area (Å²) in [7, 11) is -2.68. The third kappa shape index (κ3) is 6.46. The van der Waals surface area contributed by atoms with Gasteiger partial charge >= 0.3 is 0 Å². The molecule has 0 aliphatic carbocycles. The SMILES string of the molecule is CCOc1ccc(NS(=O)(=O)c2cc(NC(=O)CNC(=O)c3cccs3)ccc2OC)cc1. The highest BCUT2D eigenvalue weighted by Gasteiger charge is 2.21. The molecule has 0 saturated carbocycles. The molecule has 0 atom stereocenters. The molecule has 11 heteroatoms. The first-order valence-corrected chi connectivity index (χ1v) is 12.2. The van der Waals surface area contributed by atoms with Gasteiger partial charge in [0.05, 0.1) is 25.1 Å². The highest BCUT2D eigenvalue weighted by Crippen LogP contribution is 2.29. The Morgan fingerprint density at radius 2 is 1.76 bits per heavy atom. The predicted octanol–water partition coefficient (Wildman–Crippen LogP) is 3.32. The molecule has 33 heavy (non-hydrogen) atoms. The van der Waals surface area contributed by atoms with Gasteiger partial charge in [-0.05, 0) is 60.8 Å². The van der Waals surface area contributed by atoms with Gasteiger partial charge in [-0.25, -0.2) is 8.42 Å². The van der Waals surface area contributed by atoms with Gasteiger partial charge in [0.15, 0.2) is 0 Å². The number of nitrogens with one attached hydrogen (secondary N) is 3. The van der Waals surface area contributed by atoms with E-state index in [0.717, 1.165) is 0 Å². The Kier molecular flexibility index (Phi) is 7.91. The minimum absolute atomic E-state index is 0.109. The van der Waals surface area contributed by atoms with Crippen LogP contribution in [0.3, 0.4) is 0 Å². The Balaban J connectivity index is 1.71. The molecule has 2 amide bonds. The molecule has 3 aromatic rings. The third-order valence-corrected chi connectivity index (χ3v) is 6.58. The Morgan fingerprint density at radius 1 is 1.03 bits per heavy atom. The summed E-state index contributed by atoms with van der Waals surface area (Å²) in [5.74, 6) is -0.142. The number of anilines is 2. The number of amides is 2. The second-order valence-electron chi connectivity index (χ2n) is 6.64. The highest BCUT2D eigenvalue weighted by atomic mass is 32.2. The predicted molar refractivity (Wildman–Crippen MR) is 127 cm³/mol. The molecule has 2 aromatic carbocycles. The van der Waals surface area contributed by atoms with Crippen molar-refractivity contribution in [3.63, 3.8) is 0 Å². The van der Waals surface area contributed by atoms with Crippen molar-refractivity contribution in [2.45, 2.75) is 11.8 Å². The summed E-state index contributed by atoms with van der Waals surface area (Å²) in [6, 6.07) is 14.1. The first kappa shape index (κ1) is 24.1. The van der Waals surface area contributed by atoms with Crippen molar-refractivity contribution in [2.24, 2.45) is 0 Å². The fraction of sp³-hybridized carbons (Fsp3) is 0.182. The zero-order valence-corrected chi connectivity index (χ0v) is 19.6. The van der Waals surface area contributed by atoms with E-state index in [0.29, 0.717) is 22.9 Å². The summed E-state index contributed by atoms with van der Waals surface area (Å²) in [4.78, 5) is 24.6. The van der Waals surface area contributed by atoms with Gasteiger partial charge in [-0.15, -0.1) is 11.3 Å². The van der Waals surface area contributed by atoms with Crippen LogP contribution in [0.2, 0.25) is 0 Å². The van der Waals surface area contributed by atoms with E-state index in [1.807, 2.05) is 6.92 Å². The Morgan fingerprint density at radius 3 is 2.39 bits per heavy atom. The number of methoxy groups -OCH3 is 1. The van der Waals surface area contributed by atoms with Crippen LogP contribution in [0.5, 0.6) is 11.5 Å². The Hall–Kier alpha value is -3.57. The lowest BCUT2D eigenvalue weighted by molar-refractivity contribution is -0.115. The summed E-state index contributed by atoms with van der Waals surface area (Å²) >= 11 is 1.26. The van der Waals surface area contributed by atoms with Gasteiger partial charge in [0, 0.05) is 11.4 Å². The van der Waals surface area contributed by atoms with E-state index in [2.05, 4.69) is 15.4 Å². The number of thiophene rings is 1. The maximum Gasteiger partial charge on any atom is 0.265 e. The molecular formula is C22H23N3O6S2. The summed E-state index contributed by atoms with van der Waals surface area (Å²) in [5, 5.41) is 6.85. The van der Waals surface area contributed by atoms with Crippen LogP contribution in [0.25, 0.3) is 0 Å². The second-order valence-corrected chi connectivity index (χ2v) is 9.24. The standard InChI is InChI=1S/C22H23N3O6S2/c1-3-31-17-9-6-15(7-10-17)25-33(28,29)20-13-16(8-11-18(20)30-2)24-21(26)14-23-22(27)19-5-4-12-32-19/h4-13,25H,3,14H2,1-2H3,(H,23,27)(H,24,26). The van der Waals surface area contributed by atoms with Crippen molar-refractivity contribution in [1.29, 1.82) is 0 Å². The van der Waals surface area contributed by atoms with Crippen molar-refractivity contribution in [3.05, 3.63) is 64.9 Å². The lowest BCUT2D eigenvalue weighted by Crippen LogP contribution is -2.32. The van der Waals surface area contributed by atoms with Crippen LogP contribution in [-0.4, -0.2) is 40.5 Å². The van der Waals surface area contributed by atoms with Crippen LogP contribution in [0.15, 0.2) is 64.9 Å². The molecule has 9 nitrogen and oxygen atoms in total. The topological polar surface area (TPSA) is 123 Å². The molecule has 0 aliphatic heterocycles.